The predicted octanol–water partition coefficient (Wildman–Crippen LogP) is 1.77. The Balaban J connectivity index is 2.79. The standard InChI is InChI=1S/C11H14N2O3S/c1-11(2,3)10-13-9-7(16-10)5-4-6-8(9)17(12,14)15/h4-6H,1-3H3,(H2,12,14,15). The summed E-state index contributed by atoms with van der Waals surface area (Å²) in [6, 6.07) is 4.68. The van der Waals surface area contributed by atoms with E-state index in [0.717, 1.165) is 0 Å². The van der Waals surface area contributed by atoms with Crippen LogP contribution in [0.4, 0.5) is 0 Å². The van der Waals surface area contributed by atoms with Crippen LogP contribution in [0.3, 0.4) is 0 Å². The Hall–Kier alpha value is -1.40. The fourth-order valence-electron chi connectivity index (χ4n) is 1.47. The highest BCUT2D eigenvalue weighted by Crippen LogP contribution is 2.28. The van der Waals surface area contributed by atoms with Crippen molar-refractivity contribution in [1.29, 1.82) is 0 Å². The van der Waals surface area contributed by atoms with E-state index in [1.807, 2.05) is 20.8 Å². The van der Waals surface area contributed by atoms with Crippen molar-refractivity contribution in [2.24, 2.45) is 5.14 Å². The second-order valence-electron chi connectivity index (χ2n) is 4.92. The Morgan fingerprint density at radius 2 is 1.94 bits per heavy atom. The SMILES string of the molecule is CC(C)(C)c1nc2c(S(N)(=O)=O)cccc2o1. The van der Waals surface area contributed by atoms with Crippen LogP contribution in [0.5, 0.6) is 0 Å². The van der Waals surface area contributed by atoms with Crippen molar-refractivity contribution in [2.45, 2.75) is 31.1 Å². The minimum atomic E-state index is -3.78. The van der Waals surface area contributed by atoms with Gasteiger partial charge in [-0.05, 0) is 12.1 Å². The van der Waals surface area contributed by atoms with Gasteiger partial charge in [0.15, 0.2) is 5.58 Å². The van der Waals surface area contributed by atoms with Crippen LogP contribution in [-0.4, -0.2) is 13.4 Å². The summed E-state index contributed by atoms with van der Waals surface area (Å²) in [5.41, 5.74) is 0.440. The third-order valence-electron chi connectivity index (χ3n) is 2.33. The molecular formula is C11H14N2O3S. The second kappa shape index (κ2) is 3.54. The van der Waals surface area contributed by atoms with Gasteiger partial charge in [0.1, 0.15) is 10.4 Å². The van der Waals surface area contributed by atoms with Gasteiger partial charge in [0.05, 0.1) is 0 Å². The Kier molecular flexibility index (Phi) is 2.52. The lowest BCUT2D eigenvalue weighted by Crippen LogP contribution is -2.13. The predicted molar refractivity (Wildman–Crippen MR) is 64.1 cm³/mol. The zero-order valence-electron chi connectivity index (χ0n) is 9.89. The number of fused-ring (bicyclic) bond motifs is 1. The number of para-hydroxylation sites is 1. The van der Waals surface area contributed by atoms with E-state index in [0.29, 0.717) is 17.0 Å². The van der Waals surface area contributed by atoms with E-state index in [1.54, 1.807) is 12.1 Å². The highest BCUT2D eigenvalue weighted by atomic mass is 32.2. The van der Waals surface area contributed by atoms with Crippen LogP contribution in [-0.2, 0) is 15.4 Å². The summed E-state index contributed by atoms with van der Waals surface area (Å²) in [4.78, 5) is 4.22. The first-order chi connectivity index (χ1) is 7.69. The van der Waals surface area contributed by atoms with Gasteiger partial charge in [0.2, 0.25) is 15.9 Å². The van der Waals surface area contributed by atoms with Gasteiger partial charge in [-0.25, -0.2) is 18.5 Å². The number of hydrogen-bond acceptors (Lipinski definition) is 4. The first-order valence-corrected chi connectivity index (χ1v) is 6.67. The Labute approximate surface area is 99.7 Å². The van der Waals surface area contributed by atoms with E-state index < -0.39 is 10.0 Å². The molecule has 0 bridgehead atoms. The molecule has 17 heavy (non-hydrogen) atoms. The van der Waals surface area contributed by atoms with Gasteiger partial charge in [-0.2, -0.15) is 0 Å². The molecule has 0 saturated heterocycles. The lowest BCUT2D eigenvalue weighted by molar-refractivity contribution is 0.411. The quantitative estimate of drug-likeness (QED) is 0.840. The number of aromatic nitrogens is 1. The van der Waals surface area contributed by atoms with Crippen molar-refractivity contribution in [1.82, 2.24) is 4.98 Å². The normalized spacial score (nSPS) is 13.2. The van der Waals surface area contributed by atoms with E-state index >= 15 is 0 Å². The molecule has 6 heteroatoms. The fourth-order valence-corrected chi connectivity index (χ4v) is 2.16. The summed E-state index contributed by atoms with van der Waals surface area (Å²) >= 11 is 0. The Morgan fingerprint density at radius 3 is 2.47 bits per heavy atom. The molecule has 0 fully saturated rings. The summed E-state index contributed by atoms with van der Waals surface area (Å²) < 4.78 is 28.3. The number of hydrogen-bond donors (Lipinski definition) is 1. The molecule has 92 valence electrons. The molecule has 0 radical (unpaired) electrons. The van der Waals surface area contributed by atoms with Crippen LogP contribution in [0.2, 0.25) is 0 Å². The van der Waals surface area contributed by atoms with Crippen LogP contribution < -0.4 is 5.14 Å². The van der Waals surface area contributed by atoms with Crippen molar-refractivity contribution >= 4 is 21.1 Å². The van der Waals surface area contributed by atoms with E-state index in [4.69, 9.17) is 9.56 Å². The summed E-state index contributed by atoms with van der Waals surface area (Å²) in [6.45, 7) is 5.82. The molecule has 0 aliphatic carbocycles. The van der Waals surface area contributed by atoms with Gasteiger partial charge >= 0.3 is 0 Å². The number of rotatable bonds is 1. The van der Waals surface area contributed by atoms with Crippen molar-refractivity contribution in [3.8, 4) is 0 Å². The summed E-state index contributed by atoms with van der Waals surface area (Å²) in [7, 11) is -3.78. The number of primary sulfonamides is 1. The molecular weight excluding hydrogens is 240 g/mol. The maximum absolute atomic E-state index is 11.4. The molecule has 1 heterocycles. The molecule has 0 saturated carbocycles. The molecule has 2 rings (SSSR count). The first kappa shape index (κ1) is 12.1. The molecule has 2 aromatic rings. The summed E-state index contributed by atoms with van der Waals surface area (Å²) in [5, 5.41) is 5.13. The average Bonchev–Trinajstić information content (AvgIpc) is 2.57. The number of benzene rings is 1. The average molecular weight is 254 g/mol. The maximum Gasteiger partial charge on any atom is 0.240 e. The van der Waals surface area contributed by atoms with Gasteiger partial charge in [-0.1, -0.05) is 26.8 Å². The molecule has 0 atom stereocenters. The van der Waals surface area contributed by atoms with E-state index in [-0.39, 0.29) is 10.3 Å². The van der Waals surface area contributed by atoms with Gasteiger partial charge in [-0.15, -0.1) is 0 Å². The lowest BCUT2D eigenvalue weighted by atomic mass is 9.97. The first-order valence-electron chi connectivity index (χ1n) is 5.12. The van der Waals surface area contributed by atoms with Crippen LogP contribution in [0, 0.1) is 0 Å². The number of nitrogens with zero attached hydrogens (tertiary/aromatic N) is 1. The highest BCUT2D eigenvalue weighted by molar-refractivity contribution is 7.89. The van der Waals surface area contributed by atoms with Crippen LogP contribution in [0.25, 0.3) is 11.1 Å². The fraction of sp³-hybridized carbons (Fsp3) is 0.364. The van der Waals surface area contributed by atoms with Gasteiger partial charge in [0.25, 0.3) is 0 Å². The van der Waals surface area contributed by atoms with E-state index in [1.165, 1.54) is 6.07 Å². The molecule has 5 nitrogen and oxygen atoms in total. The van der Waals surface area contributed by atoms with E-state index in [2.05, 4.69) is 4.98 Å². The van der Waals surface area contributed by atoms with Crippen molar-refractivity contribution in [3.05, 3.63) is 24.1 Å². The van der Waals surface area contributed by atoms with Crippen LogP contribution in [0.15, 0.2) is 27.5 Å². The molecule has 0 aliphatic rings. The van der Waals surface area contributed by atoms with Crippen molar-refractivity contribution < 1.29 is 12.8 Å². The third-order valence-corrected chi connectivity index (χ3v) is 3.27. The van der Waals surface area contributed by atoms with E-state index in [9.17, 15) is 8.42 Å². The number of nitrogens with two attached hydrogens (primary N) is 1. The topological polar surface area (TPSA) is 86.2 Å². The maximum atomic E-state index is 11.4. The van der Waals surface area contributed by atoms with Crippen LogP contribution in [0.1, 0.15) is 26.7 Å². The number of oxazole rings is 1. The molecule has 0 unspecified atom stereocenters. The van der Waals surface area contributed by atoms with Crippen molar-refractivity contribution in [2.75, 3.05) is 0 Å². The second-order valence-corrected chi connectivity index (χ2v) is 6.45. The summed E-state index contributed by atoms with van der Waals surface area (Å²) in [5.74, 6) is 0.489. The van der Waals surface area contributed by atoms with Crippen molar-refractivity contribution in [3.63, 3.8) is 0 Å². The lowest BCUT2D eigenvalue weighted by Gasteiger charge is -2.11. The zero-order chi connectivity index (χ0) is 12.8. The molecule has 0 spiro atoms. The van der Waals surface area contributed by atoms with Crippen LogP contribution >= 0.6 is 0 Å². The summed E-state index contributed by atoms with van der Waals surface area (Å²) in [6.07, 6.45) is 0. The molecule has 1 aromatic carbocycles. The molecule has 0 aliphatic heterocycles. The number of sulfonamides is 1. The monoisotopic (exact) mass is 254 g/mol. The highest BCUT2D eigenvalue weighted by Gasteiger charge is 2.23. The largest absolute Gasteiger partial charge is 0.440 e. The smallest absolute Gasteiger partial charge is 0.240 e. The Bertz CT molecular complexity index is 666. The molecule has 0 amide bonds. The minimum absolute atomic E-state index is 0.00532. The van der Waals surface area contributed by atoms with Gasteiger partial charge < -0.3 is 4.42 Å². The Morgan fingerprint density at radius 1 is 1.29 bits per heavy atom. The molecule has 2 N–H and O–H groups in total. The minimum Gasteiger partial charge on any atom is -0.440 e. The van der Waals surface area contributed by atoms with Gasteiger partial charge in [0, 0.05) is 5.41 Å². The zero-order valence-corrected chi connectivity index (χ0v) is 10.7. The van der Waals surface area contributed by atoms with Gasteiger partial charge in [-0.3, -0.25) is 0 Å². The molecule has 1 aromatic heterocycles. The third kappa shape index (κ3) is 2.18.